The molecule has 0 unspecified atom stereocenters. The Morgan fingerprint density at radius 2 is 1.17 bits per heavy atom. The lowest BCUT2D eigenvalue weighted by atomic mass is 9.54. The van der Waals surface area contributed by atoms with Crippen molar-refractivity contribution in [3.05, 3.63) is 100 Å². The minimum atomic E-state index is -0.944. The lowest BCUT2D eigenvalue weighted by Gasteiger charge is -2.48. The Hall–Kier alpha value is -3.11. The maximum atomic E-state index is 13.4. The fourth-order valence-corrected chi connectivity index (χ4v) is 5.17. The van der Waals surface area contributed by atoms with E-state index in [2.05, 4.69) is 5.32 Å². The molecule has 6 rings (SSSR count). The topological polar surface area (TPSA) is 66.4 Å². The highest BCUT2D eigenvalue weighted by atomic mass is 35.5. The molecule has 0 aliphatic heterocycles. The van der Waals surface area contributed by atoms with E-state index in [1.807, 2.05) is 48.5 Å². The average molecular weight is 404 g/mol. The quantitative estimate of drug-likeness (QED) is 0.654. The van der Waals surface area contributed by atoms with Crippen molar-refractivity contribution in [1.29, 1.82) is 0 Å². The normalized spacial score (nSPS) is 23.8. The molecule has 4 nitrogen and oxygen atoms in total. The van der Waals surface area contributed by atoms with Crippen molar-refractivity contribution >= 4 is 29.2 Å². The molecule has 29 heavy (non-hydrogen) atoms. The molecule has 0 saturated heterocycles. The van der Waals surface area contributed by atoms with Gasteiger partial charge in [0.15, 0.2) is 0 Å². The van der Waals surface area contributed by atoms with Crippen LogP contribution in [0.15, 0.2) is 72.8 Å². The highest BCUT2D eigenvalue weighted by Crippen LogP contribution is 2.58. The van der Waals surface area contributed by atoms with Crippen LogP contribution in [0.25, 0.3) is 0 Å². The molecule has 2 bridgehead atoms. The van der Waals surface area contributed by atoms with Crippen LogP contribution in [0.4, 0.5) is 5.69 Å². The van der Waals surface area contributed by atoms with Crippen LogP contribution in [0.1, 0.15) is 34.1 Å². The van der Waals surface area contributed by atoms with E-state index in [1.165, 1.54) is 0 Å². The molecule has 0 fully saturated rings. The SMILES string of the molecule is O=C(Nc1ccc(Cl)cc1)[C@@H]1C2c3ccccc3C(c3ccccc32)[C@@H]1C(=O)O. The maximum absolute atomic E-state index is 13.4. The third-order valence-corrected chi connectivity index (χ3v) is 6.39. The molecule has 3 aromatic rings. The largest absolute Gasteiger partial charge is 0.481 e. The van der Waals surface area contributed by atoms with Gasteiger partial charge in [-0.15, -0.1) is 0 Å². The number of fused-ring (bicyclic) bond motifs is 1. The Morgan fingerprint density at radius 3 is 1.62 bits per heavy atom. The van der Waals surface area contributed by atoms with Gasteiger partial charge in [0.1, 0.15) is 0 Å². The van der Waals surface area contributed by atoms with Gasteiger partial charge in [0.2, 0.25) is 5.91 Å². The highest BCUT2D eigenvalue weighted by Gasteiger charge is 2.55. The van der Waals surface area contributed by atoms with E-state index in [-0.39, 0.29) is 17.7 Å². The fourth-order valence-electron chi connectivity index (χ4n) is 5.05. The molecule has 0 spiro atoms. The smallest absolute Gasteiger partial charge is 0.308 e. The van der Waals surface area contributed by atoms with Gasteiger partial charge >= 0.3 is 5.97 Å². The van der Waals surface area contributed by atoms with Gasteiger partial charge < -0.3 is 10.4 Å². The van der Waals surface area contributed by atoms with Gasteiger partial charge in [-0.3, -0.25) is 9.59 Å². The minimum absolute atomic E-state index is 0.279. The Bertz CT molecular complexity index is 1080. The van der Waals surface area contributed by atoms with Gasteiger partial charge in [0.05, 0.1) is 11.8 Å². The zero-order valence-corrected chi connectivity index (χ0v) is 16.1. The van der Waals surface area contributed by atoms with E-state index < -0.39 is 17.8 Å². The molecule has 0 aromatic heterocycles. The summed E-state index contributed by atoms with van der Waals surface area (Å²) in [5.74, 6) is -3.37. The number of aliphatic carboxylic acids is 1. The summed E-state index contributed by atoms with van der Waals surface area (Å²) >= 11 is 5.94. The standard InChI is InChI=1S/C24H18ClNO3/c25-13-9-11-14(12-10-13)26-23(27)21-19-15-5-1-3-7-17(15)20(22(21)24(28)29)18-8-4-2-6-16(18)19/h1-12,19-22H,(H,26,27)(H,28,29)/t19?,20?,21-,22+/m1/s1. The van der Waals surface area contributed by atoms with Gasteiger partial charge in [0.25, 0.3) is 0 Å². The number of carboxylic acids is 1. The number of rotatable bonds is 3. The zero-order valence-electron chi connectivity index (χ0n) is 15.4. The van der Waals surface area contributed by atoms with Crippen LogP contribution in [0.5, 0.6) is 0 Å². The third-order valence-electron chi connectivity index (χ3n) is 6.14. The molecule has 2 atom stereocenters. The first-order chi connectivity index (χ1) is 14.1. The Morgan fingerprint density at radius 1 is 0.724 bits per heavy atom. The van der Waals surface area contributed by atoms with Gasteiger partial charge in [-0.1, -0.05) is 60.1 Å². The summed E-state index contributed by atoms with van der Waals surface area (Å²) < 4.78 is 0. The summed E-state index contributed by atoms with van der Waals surface area (Å²) in [4.78, 5) is 25.7. The van der Waals surface area contributed by atoms with Crippen molar-refractivity contribution in [2.75, 3.05) is 5.32 Å². The van der Waals surface area contributed by atoms with Crippen LogP contribution in [-0.2, 0) is 9.59 Å². The predicted octanol–water partition coefficient (Wildman–Crippen LogP) is 4.89. The number of benzene rings is 3. The molecular formula is C24H18ClNO3. The molecule has 144 valence electrons. The van der Waals surface area contributed by atoms with Crippen LogP contribution in [0, 0.1) is 11.8 Å². The maximum Gasteiger partial charge on any atom is 0.308 e. The summed E-state index contributed by atoms with van der Waals surface area (Å²) in [6, 6.07) is 22.6. The molecule has 3 aliphatic carbocycles. The number of halogens is 1. The highest BCUT2D eigenvalue weighted by molar-refractivity contribution is 6.30. The molecule has 1 amide bonds. The number of hydrogen-bond acceptors (Lipinski definition) is 2. The number of carbonyl (C=O) groups excluding carboxylic acids is 1. The van der Waals surface area contributed by atoms with E-state index in [0.717, 1.165) is 22.3 Å². The number of hydrogen-bond donors (Lipinski definition) is 2. The number of carbonyl (C=O) groups is 2. The predicted molar refractivity (Wildman–Crippen MR) is 111 cm³/mol. The van der Waals surface area contributed by atoms with Gasteiger partial charge in [0, 0.05) is 22.5 Å². The van der Waals surface area contributed by atoms with Crippen LogP contribution >= 0.6 is 11.6 Å². The van der Waals surface area contributed by atoms with E-state index in [4.69, 9.17) is 11.6 Å². The second-order valence-corrected chi connectivity index (χ2v) is 8.04. The van der Waals surface area contributed by atoms with Crippen molar-refractivity contribution in [2.24, 2.45) is 11.8 Å². The second-order valence-electron chi connectivity index (χ2n) is 7.60. The molecule has 0 radical (unpaired) electrons. The lowest BCUT2D eigenvalue weighted by molar-refractivity contribution is -0.148. The van der Waals surface area contributed by atoms with Crippen molar-refractivity contribution < 1.29 is 14.7 Å². The van der Waals surface area contributed by atoms with Gasteiger partial charge in [-0.2, -0.15) is 0 Å². The van der Waals surface area contributed by atoms with E-state index >= 15 is 0 Å². The Kier molecular flexibility index (Phi) is 4.18. The van der Waals surface area contributed by atoms with Crippen LogP contribution in [-0.4, -0.2) is 17.0 Å². The molecule has 5 heteroatoms. The number of carboxylic acid groups (broad SMARTS) is 1. The third kappa shape index (κ3) is 2.75. The minimum Gasteiger partial charge on any atom is -0.481 e. The van der Waals surface area contributed by atoms with Gasteiger partial charge in [-0.25, -0.2) is 0 Å². The summed E-state index contributed by atoms with van der Waals surface area (Å²) in [5.41, 5.74) is 4.72. The van der Waals surface area contributed by atoms with Crippen molar-refractivity contribution in [1.82, 2.24) is 0 Å². The molecule has 3 aliphatic rings. The molecule has 0 saturated carbocycles. The first-order valence-electron chi connectivity index (χ1n) is 9.53. The van der Waals surface area contributed by atoms with Crippen molar-refractivity contribution in [3.8, 4) is 0 Å². The van der Waals surface area contributed by atoms with E-state index in [9.17, 15) is 14.7 Å². The Balaban J connectivity index is 1.64. The van der Waals surface area contributed by atoms with Crippen molar-refractivity contribution in [2.45, 2.75) is 11.8 Å². The Labute approximate surface area is 173 Å². The van der Waals surface area contributed by atoms with Gasteiger partial charge in [-0.05, 0) is 46.5 Å². The van der Waals surface area contributed by atoms with Crippen molar-refractivity contribution in [3.63, 3.8) is 0 Å². The molecule has 3 aromatic carbocycles. The van der Waals surface area contributed by atoms with Crippen LogP contribution < -0.4 is 5.32 Å². The van der Waals surface area contributed by atoms with E-state index in [1.54, 1.807) is 24.3 Å². The zero-order chi connectivity index (χ0) is 20.1. The monoisotopic (exact) mass is 403 g/mol. The number of nitrogens with one attached hydrogen (secondary N) is 1. The fraction of sp³-hybridized carbons (Fsp3) is 0.167. The summed E-state index contributed by atoms with van der Waals surface area (Å²) in [5, 5.41) is 13.6. The average Bonchev–Trinajstić information content (AvgIpc) is 2.74. The summed E-state index contributed by atoms with van der Waals surface area (Å²) in [6.45, 7) is 0. The first-order valence-corrected chi connectivity index (χ1v) is 9.91. The molecule has 2 N–H and O–H groups in total. The van der Waals surface area contributed by atoms with Crippen LogP contribution in [0.2, 0.25) is 5.02 Å². The second kappa shape index (κ2) is 6.75. The van der Waals surface area contributed by atoms with E-state index in [0.29, 0.717) is 10.7 Å². The van der Waals surface area contributed by atoms with Crippen LogP contribution in [0.3, 0.4) is 0 Å². The summed E-state index contributed by atoms with van der Waals surface area (Å²) in [7, 11) is 0. The first kappa shape index (κ1) is 18.0. The lowest BCUT2D eigenvalue weighted by Crippen LogP contribution is -2.48. The number of amides is 1. The number of anilines is 1. The molecule has 0 heterocycles. The molecular weight excluding hydrogens is 386 g/mol. The summed E-state index contributed by atoms with van der Waals surface area (Å²) in [6.07, 6.45) is 0.